The highest BCUT2D eigenvalue weighted by Crippen LogP contribution is 2.51. The highest BCUT2D eigenvalue weighted by atomic mass is 15.0. The lowest BCUT2D eigenvalue weighted by Crippen LogP contribution is -2.18. The van der Waals surface area contributed by atoms with E-state index in [0.717, 1.165) is 0 Å². The second kappa shape index (κ2) is 6.65. The normalized spacial score (nSPS) is 22.6. The van der Waals surface area contributed by atoms with Crippen LogP contribution in [0.2, 0.25) is 0 Å². The van der Waals surface area contributed by atoms with Gasteiger partial charge in [0.05, 0.1) is 5.52 Å². The maximum Gasteiger partial charge on any atom is 0.0534 e. The molecule has 0 saturated carbocycles. The molecule has 0 saturated heterocycles. The molecule has 0 bridgehead atoms. The zero-order valence-electron chi connectivity index (χ0n) is 21.2. The lowest BCUT2D eigenvalue weighted by Gasteiger charge is -2.24. The van der Waals surface area contributed by atoms with E-state index in [0.29, 0.717) is 11.8 Å². The van der Waals surface area contributed by atoms with Crippen LogP contribution in [0, 0.1) is 6.92 Å². The number of hydrogen-bond acceptors (Lipinski definition) is 0. The van der Waals surface area contributed by atoms with Gasteiger partial charge in [-0.15, -0.1) is 0 Å². The summed E-state index contributed by atoms with van der Waals surface area (Å²) < 4.78 is 5.04. The molecule has 0 spiro atoms. The number of fused-ring (bicyclic) bond motifs is 4. The highest BCUT2D eigenvalue weighted by molar-refractivity contribution is 5.89. The molecule has 2 aromatic carbocycles. The van der Waals surface area contributed by atoms with Crippen LogP contribution >= 0.6 is 0 Å². The first-order valence-electron chi connectivity index (χ1n) is 12.6. The molecule has 2 heterocycles. The molecule has 2 unspecified atom stereocenters. The maximum absolute atomic E-state index is 2.56. The van der Waals surface area contributed by atoms with Crippen LogP contribution in [-0.2, 0) is 10.8 Å². The number of aryl methyl sites for hydroxylation is 1. The minimum absolute atomic E-state index is 0.159. The predicted molar refractivity (Wildman–Crippen MR) is 139 cm³/mol. The molecule has 2 aliphatic carbocycles. The minimum Gasteiger partial charge on any atom is -0.320 e. The Hall–Kier alpha value is -2.74. The first kappa shape index (κ1) is 20.8. The fourth-order valence-electron chi connectivity index (χ4n) is 7.57. The molecule has 2 aliphatic rings. The second-order valence-electron chi connectivity index (χ2n) is 12.1. The lowest BCUT2D eigenvalue weighted by molar-refractivity contribution is 0.470. The summed E-state index contributed by atoms with van der Waals surface area (Å²) in [5, 5.41) is 1.42. The SMILES string of the molecule is Cc1cn(-c2cccc(-n3c4c(c5ccccc53)C(C)CC4(C)C)c2)c2c1C(C)CC2(C)C. The highest BCUT2D eigenvalue weighted by Gasteiger charge is 2.41. The van der Waals surface area contributed by atoms with Gasteiger partial charge in [-0.25, -0.2) is 0 Å². The summed E-state index contributed by atoms with van der Waals surface area (Å²) in [7, 11) is 0. The van der Waals surface area contributed by atoms with Gasteiger partial charge in [0.25, 0.3) is 0 Å². The summed E-state index contributed by atoms with van der Waals surface area (Å²) in [6.07, 6.45) is 4.80. The number of rotatable bonds is 2. The topological polar surface area (TPSA) is 9.86 Å². The Morgan fingerprint density at radius 3 is 2.15 bits per heavy atom. The first-order valence-corrected chi connectivity index (χ1v) is 12.6. The molecule has 2 atom stereocenters. The van der Waals surface area contributed by atoms with Crippen LogP contribution in [0.5, 0.6) is 0 Å². The summed E-state index contributed by atoms with van der Waals surface area (Å²) in [5.41, 5.74) is 11.8. The van der Waals surface area contributed by atoms with Gasteiger partial charge in [0, 0.05) is 45.2 Å². The fourth-order valence-corrected chi connectivity index (χ4v) is 7.57. The second-order valence-corrected chi connectivity index (χ2v) is 12.1. The Labute approximate surface area is 198 Å². The average Bonchev–Trinajstić information content (AvgIpc) is 3.42. The summed E-state index contributed by atoms with van der Waals surface area (Å²) in [5.74, 6) is 1.21. The van der Waals surface area contributed by atoms with Crippen molar-refractivity contribution in [1.82, 2.24) is 9.13 Å². The van der Waals surface area contributed by atoms with Gasteiger partial charge in [-0.2, -0.15) is 0 Å². The number of para-hydroxylation sites is 1. The van der Waals surface area contributed by atoms with Crippen molar-refractivity contribution in [3.05, 3.63) is 82.8 Å². The van der Waals surface area contributed by atoms with E-state index in [1.165, 1.54) is 52.1 Å². The largest absolute Gasteiger partial charge is 0.320 e. The molecular formula is C31H36N2. The van der Waals surface area contributed by atoms with Crippen molar-refractivity contribution in [2.75, 3.05) is 0 Å². The minimum atomic E-state index is 0.159. The molecule has 0 amide bonds. The third-order valence-corrected chi connectivity index (χ3v) is 8.42. The van der Waals surface area contributed by atoms with Crippen LogP contribution in [0.1, 0.15) is 94.3 Å². The zero-order valence-corrected chi connectivity index (χ0v) is 21.2. The van der Waals surface area contributed by atoms with Gasteiger partial charge >= 0.3 is 0 Å². The average molecular weight is 437 g/mol. The van der Waals surface area contributed by atoms with Gasteiger partial charge in [0.15, 0.2) is 0 Å². The van der Waals surface area contributed by atoms with Crippen LogP contribution < -0.4 is 0 Å². The van der Waals surface area contributed by atoms with E-state index in [2.05, 4.69) is 112 Å². The quantitative estimate of drug-likeness (QED) is 0.299. The lowest BCUT2D eigenvalue weighted by atomic mass is 9.89. The van der Waals surface area contributed by atoms with E-state index in [4.69, 9.17) is 0 Å². The number of hydrogen-bond donors (Lipinski definition) is 0. The van der Waals surface area contributed by atoms with Crippen molar-refractivity contribution >= 4 is 10.9 Å². The van der Waals surface area contributed by atoms with Crippen LogP contribution in [0.4, 0.5) is 0 Å². The number of aromatic nitrogens is 2. The standard InChI is InChI=1S/C31H36N2/c1-19-16-30(4,5)28-26(19)21(3)18-32(28)22-11-10-12-23(15-22)33-25-14-9-8-13-24(25)27-20(2)17-31(6,7)29(27)33/h8-15,18-20H,16-17H2,1-7H3. The fraction of sp³-hybridized carbons (Fsp3) is 0.419. The van der Waals surface area contributed by atoms with Gasteiger partial charge in [-0.3, -0.25) is 0 Å². The number of nitrogens with zero attached hydrogens (tertiary/aromatic N) is 2. The molecule has 4 aromatic rings. The molecule has 170 valence electrons. The summed E-state index contributed by atoms with van der Waals surface area (Å²) in [4.78, 5) is 0. The Balaban J connectivity index is 1.60. The Morgan fingerprint density at radius 1 is 0.758 bits per heavy atom. The van der Waals surface area contributed by atoms with E-state index in [9.17, 15) is 0 Å². The van der Waals surface area contributed by atoms with Crippen molar-refractivity contribution in [2.45, 2.75) is 84.0 Å². The van der Waals surface area contributed by atoms with Gasteiger partial charge < -0.3 is 9.13 Å². The van der Waals surface area contributed by atoms with Gasteiger partial charge in [-0.1, -0.05) is 65.8 Å². The summed E-state index contributed by atoms with van der Waals surface area (Å²) in [6, 6.07) is 18.2. The smallest absolute Gasteiger partial charge is 0.0534 e. The summed E-state index contributed by atoms with van der Waals surface area (Å²) in [6.45, 7) is 16.7. The van der Waals surface area contributed by atoms with Crippen molar-refractivity contribution in [2.24, 2.45) is 0 Å². The third kappa shape index (κ3) is 2.79. The molecule has 2 nitrogen and oxygen atoms in total. The predicted octanol–water partition coefficient (Wildman–Crippen LogP) is 8.30. The Bertz CT molecular complexity index is 1410. The van der Waals surface area contributed by atoms with Gasteiger partial charge in [-0.05, 0) is 72.6 Å². The first-order chi connectivity index (χ1) is 15.6. The molecule has 2 aromatic heterocycles. The molecular weight excluding hydrogens is 400 g/mol. The summed E-state index contributed by atoms with van der Waals surface area (Å²) >= 11 is 0. The molecule has 2 heteroatoms. The van der Waals surface area contributed by atoms with E-state index in [1.807, 2.05) is 0 Å². The molecule has 6 rings (SSSR count). The van der Waals surface area contributed by atoms with E-state index in [1.54, 1.807) is 11.1 Å². The molecule has 0 aliphatic heterocycles. The molecule has 33 heavy (non-hydrogen) atoms. The number of benzene rings is 2. The van der Waals surface area contributed by atoms with Crippen molar-refractivity contribution in [1.29, 1.82) is 0 Å². The van der Waals surface area contributed by atoms with Gasteiger partial charge in [0.2, 0.25) is 0 Å². The van der Waals surface area contributed by atoms with Crippen LogP contribution in [0.15, 0.2) is 54.7 Å². The van der Waals surface area contributed by atoms with Gasteiger partial charge in [0.1, 0.15) is 0 Å². The van der Waals surface area contributed by atoms with Crippen molar-refractivity contribution < 1.29 is 0 Å². The van der Waals surface area contributed by atoms with Crippen LogP contribution in [0.3, 0.4) is 0 Å². The van der Waals surface area contributed by atoms with E-state index in [-0.39, 0.29) is 10.8 Å². The third-order valence-electron chi connectivity index (χ3n) is 8.42. The monoisotopic (exact) mass is 436 g/mol. The zero-order chi connectivity index (χ0) is 23.3. The van der Waals surface area contributed by atoms with Crippen molar-refractivity contribution in [3.63, 3.8) is 0 Å². The molecule has 0 N–H and O–H groups in total. The van der Waals surface area contributed by atoms with Crippen LogP contribution in [0.25, 0.3) is 22.3 Å². The van der Waals surface area contributed by atoms with E-state index < -0.39 is 0 Å². The van der Waals surface area contributed by atoms with Crippen LogP contribution in [-0.4, -0.2) is 9.13 Å². The maximum atomic E-state index is 2.56. The Morgan fingerprint density at radius 2 is 1.39 bits per heavy atom. The Kier molecular flexibility index (Phi) is 4.20. The molecule has 0 radical (unpaired) electrons. The van der Waals surface area contributed by atoms with Crippen molar-refractivity contribution in [3.8, 4) is 11.4 Å². The molecule has 0 fully saturated rings. The van der Waals surface area contributed by atoms with E-state index >= 15 is 0 Å².